The van der Waals surface area contributed by atoms with Gasteiger partial charge in [-0.2, -0.15) is 0 Å². The first kappa shape index (κ1) is 12.4. The maximum Gasteiger partial charge on any atom is 0.0380 e. The van der Waals surface area contributed by atoms with Crippen molar-refractivity contribution in [3.05, 3.63) is 62.0 Å². The maximum absolute atomic E-state index is 3.77. The van der Waals surface area contributed by atoms with Crippen molar-refractivity contribution in [2.45, 2.75) is 0 Å². The van der Waals surface area contributed by atoms with Crippen molar-refractivity contribution in [2.24, 2.45) is 0 Å². The topological polar surface area (TPSA) is 6.48 Å². The van der Waals surface area contributed by atoms with Crippen LogP contribution >= 0.6 is 0 Å². The number of nitrogens with zero attached hydrogens (tertiary/aromatic N) is 2. The third kappa shape index (κ3) is 3.46. The molecule has 0 amide bonds. The number of rotatable bonds is 7. The molecule has 0 radical (unpaired) electrons. The van der Waals surface area contributed by atoms with Crippen molar-refractivity contribution in [3.8, 4) is 0 Å². The Labute approximate surface area is 98.5 Å². The summed E-state index contributed by atoms with van der Waals surface area (Å²) in [5.41, 5.74) is 1.24. The van der Waals surface area contributed by atoms with Crippen molar-refractivity contribution >= 4 is 0 Å². The maximum atomic E-state index is 3.77. The first-order valence-corrected chi connectivity index (χ1v) is 5.52. The Hall–Kier alpha value is -1.70. The standard InChI is InChI=1S/C14H20N2/c1-4-9-15-12-7-14(8-13-15)16(10-5-2)11-6-3/h4-8,12H,1-3,9-11,13H2. The second-order valence-corrected chi connectivity index (χ2v) is 3.67. The van der Waals surface area contributed by atoms with E-state index in [9.17, 15) is 0 Å². The molecular weight excluding hydrogens is 196 g/mol. The van der Waals surface area contributed by atoms with E-state index in [4.69, 9.17) is 0 Å². The molecule has 0 aromatic rings. The van der Waals surface area contributed by atoms with Crippen LogP contribution in [0.3, 0.4) is 0 Å². The van der Waals surface area contributed by atoms with Gasteiger partial charge in [0.05, 0.1) is 0 Å². The largest absolute Gasteiger partial charge is 0.370 e. The molecule has 0 saturated carbocycles. The Morgan fingerprint density at radius 3 is 2.31 bits per heavy atom. The first-order chi connectivity index (χ1) is 7.81. The molecule has 86 valence electrons. The van der Waals surface area contributed by atoms with Crippen LogP contribution in [-0.4, -0.2) is 36.0 Å². The Morgan fingerprint density at radius 2 is 1.88 bits per heavy atom. The highest BCUT2D eigenvalue weighted by molar-refractivity contribution is 5.23. The van der Waals surface area contributed by atoms with E-state index in [2.05, 4.69) is 47.9 Å². The molecule has 0 spiro atoms. The molecule has 2 heteroatoms. The van der Waals surface area contributed by atoms with Crippen LogP contribution in [0, 0.1) is 0 Å². The molecule has 0 aliphatic carbocycles. The van der Waals surface area contributed by atoms with Gasteiger partial charge in [-0.15, -0.1) is 19.7 Å². The van der Waals surface area contributed by atoms with Crippen LogP contribution in [0.2, 0.25) is 0 Å². The molecule has 1 aliphatic rings. The highest BCUT2D eigenvalue weighted by atomic mass is 15.2. The van der Waals surface area contributed by atoms with Gasteiger partial charge in [0.15, 0.2) is 0 Å². The molecule has 0 aromatic carbocycles. The molecule has 1 heterocycles. The second-order valence-electron chi connectivity index (χ2n) is 3.67. The van der Waals surface area contributed by atoms with Gasteiger partial charge in [-0.3, -0.25) is 0 Å². The molecule has 0 bridgehead atoms. The molecule has 0 atom stereocenters. The zero-order valence-corrected chi connectivity index (χ0v) is 9.81. The van der Waals surface area contributed by atoms with Gasteiger partial charge < -0.3 is 9.80 Å². The van der Waals surface area contributed by atoms with Crippen LogP contribution in [0.5, 0.6) is 0 Å². The average molecular weight is 216 g/mol. The highest BCUT2D eigenvalue weighted by Gasteiger charge is 2.08. The molecular formula is C14H20N2. The zero-order chi connectivity index (χ0) is 11.8. The minimum atomic E-state index is 0.851. The van der Waals surface area contributed by atoms with Gasteiger partial charge in [0, 0.05) is 38.1 Å². The van der Waals surface area contributed by atoms with Crippen molar-refractivity contribution in [2.75, 3.05) is 26.2 Å². The Morgan fingerprint density at radius 1 is 1.19 bits per heavy atom. The van der Waals surface area contributed by atoms with Crippen molar-refractivity contribution in [1.82, 2.24) is 9.80 Å². The minimum absolute atomic E-state index is 0.851. The van der Waals surface area contributed by atoms with Crippen molar-refractivity contribution < 1.29 is 0 Å². The summed E-state index contributed by atoms with van der Waals surface area (Å²) in [6.07, 6.45) is 12.2. The van der Waals surface area contributed by atoms with E-state index in [1.165, 1.54) is 5.70 Å². The normalized spacial score (nSPS) is 14.2. The van der Waals surface area contributed by atoms with Gasteiger partial charge in [-0.1, -0.05) is 18.2 Å². The Balaban J connectivity index is 2.60. The second kappa shape index (κ2) is 6.72. The quantitative estimate of drug-likeness (QED) is 0.603. The van der Waals surface area contributed by atoms with Crippen LogP contribution in [-0.2, 0) is 0 Å². The summed E-state index contributed by atoms with van der Waals surface area (Å²) in [5.74, 6) is 0. The third-order valence-corrected chi connectivity index (χ3v) is 2.42. The van der Waals surface area contributed by atoms with E-state index in [0.717, 1.165) is 26.2 Å². The molecule has 0 N–H and O–H groups in total. The van der Waals surface area contributed by atoms with Crippen LogP contribution in [0.15, 0.2) is 62.0 Å². The van der Waals surface area contributed by atoms with E-state index in [0.29, 0.717) is 0 Å². The van der Waals surface area contributed by atoms with Crippen LogP contribution < -0.4 is 0 Å². The fourth-order valence-electron chi connectivity index (χ4n) is 1.65. The molecule has 0 fully saturated rings. The fourth-order valence-corrected chi connectivity index (χ4v) is 1.65. The third-order valence-electron chi connectivity index (χ3n) is 2.42. The predicted octanol–water partition coefficient (Wildman–Crippen LogP) is 2.56. The van der Waals surface area contributed by atoms with E-state index in [1.807, 2.05) is 18.2 Å². The lowest BCUT2D eigenvalue weighted by Crippen LogP contribution is -2.27. The molecule has 2 nitrogen and oxygen atoms in total. The predicted molar refractivity (Wildman–Crippen MR) is 71.0 cm³/mol. The van der Waals surface area contributed by atoms with Crippen molar-refractivity contribution in [3.63, 3.8) is 0 Å². The molecule has 1 aliphatic heterocycles. The van der Waals surface area contributed by atoms with Crippen molar-refractivity contribution in [1.29, 1.82) is 0 Å². The number of hydrogen-bond acceptors (Lipinski definition) is 2. The molecule has 16 heavy (non-hydrogen) atoms. The Kier molecular flexibility index (Phi) is 5.20. The van der Waals surface area contributed by atoms with Gasteiger partial charge >= 0.3 is 0 Å². The zero-order valence-electron chi connectivity index (χ0n) is 9.81. The minimum Gasteiger partial charge on any atom is -0.370 e. The first-order valence-electron chi connectivity index (χ1n) is 5.52. The average Bonchev–Trinajstić information content (AvgIpc) is 2.30. The number of hydrogen-bond donors (Lipinski definition) is 0. The molecule has 1 rings (SSSR count). The van der Waals surface area contributed by atoms with Gasteiger partial charge in [0.1, 0.15) is 0 Å². The smallest absolute Gasteiger partial charge is 0.0380 e. The number of allylic oxidation sites excluding steroid dienone is 1. The fraction of sp³-hybridized carbons (Fsp3) is 0.286. The van der Waals surface area contributed by atoms with Crippen LogP contribution in [0.25, 0.3) is 0 Å². The van der Waals surface area contributed by atoms with Gasteiger partial charge in [0.2, 0.25) is 0 Å². The van der Waals surface area contributed by atoms with Gasteiger partial charge in [-0.25, -0.2) is 0 Å². The van der Waals surface area contributed by atoms with Gasteiger partial charge in [0.25, 0.3) is 0 Å². The summed E-state index contributed by atoms with van der Waals surface area (Å²) in [5, 5.41) is 0. The van der Waals surface area contributed by atoms with Crippen LogP contribution in [0.4, 0.5) is 0 Å². The summed E-state index contributed by atoms with van der Waals surface area (Å²) < 4.78 is 0. The lowest BCUT2D eigenvalue weighted by atomic mass is 10.2. The lowest BCUT2D eigenvalue weighted by molar-refractivity contribution is 0.403. The Bertz CT molecular complexity index is 303. The summed E-state index contributed by atoms with van der Waals surface area (Å²) in [6, 6.07) is 0. The molecule has 0 aromatic heterocycles. The summed E-state index contributed by atoms with van der Waals surface area (Å²) in [7, 11) is 0. The SMILES string of the molecule is C=CCN1C=CC(N(CC=C)CC=C)=CC1. The van der Waals surface area contributed by atoms with Gasteiger partial charge in [-0.05, 0) is 12.2 Å². The highest BCUT2D eigenvalue weighted by Crippen LogP contribution is 2.12. The van der Waals surface area contributed by atoms with E-state index in [-0.39, 0.29) is 0 Å². The monoisotopic (exact) mass is 216 g/mol. The lowest BCUT2D eigenvalue weighted by Gasteiger charge is -2.28. The molecule has 0 unspecified atom stereocenters. The van der Waals surface area contributed by atoms with E-state index < -0.39 is 0 Å². The summed E-state index contributed by atoms with van der Waals surface area (Å²) >= 11 is 0. The molecule has 0 saturated heterocycles. The summed E-state index contributed by atoms with van der Waals surface area (Å²) in [6.45, 7) is 14.8. The van der Waals surface area contributed by atoms with E-state index in [1.54, 1.807) is 0 Å². The van der Waals surface area contributed by atoms with E-state index >= 15 is 0 Å². The van der Waals surface area contributed by atoms with Crippen LogP contribution in [0.1, 0.15) is 0 Å². The summed E-state index contributed by atoms with van der Waals surface area (Å²) in [4.78, 5) is 4.44.